The first kappa shape index (κ1) is 24.1. The number of allylic oxidation sites excluding steroid dienone is 1. The predicted octanol–water partition coefficient (Wildman–Crippen LogP) is 5.79. The number of methoxy groups -OCH3 is 1. The van der Waals surface area contributed by atoms with Gasteiger partial charge in [-0.15, -0.1) is 0 Å². The monoisotopic (exact) mass is 469 g/mol. The molecule has 4 rings (SSSR count). The van der Waals surface area contributed by atoms with Gasteiger partial charge in [-0.25, -0.2) is 4.98 Å². The number of ether oxygens (including phenoxy) is 2. The Morgan fingerprint density at radius 2 is 1.86 bits per heavy atom. The molecule has 0 spiro atoms. The van der Waals surface area contributed by atoms with Crippen LogP contribution in [0.25, 0.3) is 17.1 Å². The summed E-state index contributed by atoms with van der Waals surface area (Å²) < 4.78 is 13.7. The van der Waals surface area contributed by atoms with Crippen molar-refractivity contribution in [2.45, 2.75) is 33.4 Å². The van der Waals surface area contributed by atoms with Gasteiger partial charge in [-0.1, -0.05) is 48.6 Å². The molecule has 1 amide bonds. The third-order valence-corrected chi connectivity index (χ3v) is 5.86. The minimum atomic E-state index is -0.0986. The number of carbonyl (C=O) groups excluding carboxylic acids is 1. The SMILES string of the molecule is C/C=C/c1ccc(OCCCn2c(CNC(=O)c3ccccc3C)nc3ccccc32)c(OC)c1. The zero-order valence-corrected chi connectivity index (χ0v) is 20.5. The highest BCUT2D eigenvalue weighted by Gasteiger charge is 2.14. The third-order valence-electron chi connectivity index (χ3n) is 5.86. The van der Waals surface area contributed by atoms with Gasteiger partial charge in [0.25, 0.3) is 5.91 Å². The summed E-state index contributed by atoms with van der Waals surface area (Å²) in [4.78, 5) is 17.5. The largest absolute Gasteiger partial charge is 0.493 e. The van der Waals surface area contributed by atoms with Crippen molar-refractivity contribution in [3.8, 4) is 11.5 Å². The smallest absolute Gasteiger partial charge is 0.251 e. The summed E-state index contributed by atoms with van der Waals surface area (Å²) in [6.07, 6.45) is 4.79. The molecule has 0 unspecified atom stereocenters. The highest BCUT2D eigenvalue weighted by molar-refractivity contribution is 5.95. The van der Waals surface area contributed by atoms with E-state index in [-0.39, 0.29) is 5.91 Å². The van der Waals surface area contributed by atoms with Crippen LogP contribution in [-0.4, -0.2) is 29.2 Å². The van der Waals surface area contributed by atoms with E-state index >= 15 is 0 Å². The summed E-state index contributed by atoms with van der Waals surface area (Å²) in [5, 5.41) is 3.03. The van der Waals surface area contributed by atoms with E-state index < -0.39 is 0 Å². The first-order chi connectivity index (χ1) is 17.1. The zero-order chi connectivity index (χ0) is 24.6. The van der Waals surface area contributed by atoms with Crippen molar-refractivity contribution in [2.24, 2.45) is 0 Å². The summed E-state index contributed by atoms with van der Waals surface area (Å²) in [6.45, 7) is 5.52. The van der Waals surface area contributed by atoms with Crippen molar-refractivity contribution in [1.82, 2.24) is 14.9 Å². The number of hydrogen-bond acceptors (Lipinski definition) is 4. The van der Waals surface area contributed by atoms with Gasteiger partial charge < -0.3 is 19.4 Å². The summed E-state index contributed by atoms with van der Waals surface area (Å²) >= 11 is 0. The van der Waals surface area contributed by atoms with Crippen LogP contribution in [0.3, 0.4) is 0 Å². The van der Waals surface area contributed by atoms with Crippen LogP contribution in [0.15, 0.2) is 72.8 Å². The van der Waals surface area contributed by atoms with Gasteiger partial charge in [0.2, 0.25) is 0 Å². The van der Waals surface area contributed by atoms with Crippen LogP contribution in [0, 0.1) is 6.92 Å². The van der Waals surface area contributed by atoms with E-state index in [0.717, 1.165) is 46.7 Å². The summed E-state index contributed by atoms with van der Waals surface area (Å²) in [7, 11) is 1.65. The number of nitrogens with one attached hydrogen (secondary N) is 1. The average molecular weight is 470 g/mol. The number of carbonyl (C=O) groups is 1. The lowest BCUT2D eigenvalue weighted by Gasteiger charge is -2.13. The average Bonchev–Trinajstić information content (AvgIpc) is 3.23. The maximum atomic E-state index is 12.7. The van der Waals surface area contributed by atoms with E-state index in [1.807, 2.05) is 86.7 Å². The molecule has 35 heavy (non-hydrogen) atoms. The van der Waals surface area contributed by atoms with Crippen molar-refractivity contribution in [3.05, 3.63) is 95.3 Å². The van der Waals surface area contributed by atoms with Crippen LogP contribution < -0.4 is 14.8 Å². The minimum absolute atomic E-state index is 0.0986. The Hall–Kier alpha value is -4.06. The Balaban J connectivity index is 1.43. The number of nitrogens with zero attached hydrogens (tertiary/aromatic N) is 2. The van der Waals surface area contributed by atoms with Gasteiger partial charge in [-0.2, -0.15) is 0 Å². The lowest BCUT2D eigenvalue weighted by Crippen LogP contribution is -2.25. The van der Waals surface area contributed by atoms with Crippen molar-refractivity contribution in [2.75, 3.05) is 13.7 Å². The van der Waals surface area contributed by atoms with Crippen LogP contribution in [0.4, 0.5) is 0 Å². The number of para-hydroxylation sites is 2. The molecule has 0 aliphatic carbocycles. The van der Waals surface area contributed by atoms with Crippen molar-refractivity contribution in [3.63, 3.8) is 0 Å². The lowest BCUT2D eigenvalue weighted by molar-refractivity contribution is 0.0949. The molecule has 0 aliphatic heterocycles. The highest BCUT2D eigenvalue weighted by atomic mass is 16.5. The summed E-state index contributed by atoms with van der Waals surface area (Å²) in [5.41, 5.74) is 4.65. The molecule has 0 fully saturated rings. The predicted molar refractivity (Wildman–Crippen MR) is 140 cm³/mol. The van der Waals surface area contributed by atoms with Crippen molar-refractivity contribution < 1.29 is 14.3 Å². The molecular formula is C29H31N3O3. The topological polar surface area (TPSA) is 65.4 Å². The number of rotatable bonds is 10. The fraction of sp³-hybridized carbons (Fsp3) is 0.241. The number of benzene rings is 3. The quantitative estimate of drug-likeness (QED) is 0.299. The fourth-order valence-corrected chi connectivity index (χ4v) is 4.10. The van der Waals surface area contributed by atoms with Crippen molar-refractivity contribution >= 4 is 23.0 Å². The van der Waals surface area contributed by atoms with Gasteiger partial charge >= 0.3 is 0 Å². The number of fused-ring (bicyclic) bond motifs is 1. The van der Waals surface area contributed by atoms with E-state index in [2.05, 4.69) is 16.0 Å². The Morgan fingerprint density at radius 1 is 1.06 bits per heavy atom. The Kier molecular flexibility index (Phi) is 7.83. The number of hydrogen-bond donors (Lipinski definition) is 1. The lowest BCUT2D eigenvalue weighted by atomic mass is 10.1. The molecule has 180 valence electrons. The Bertz CT molecular complexity index is 1340. The van der Waals surface area contributed by atoms with Crippen LogP contribution in [0.1, 0.15) is 40.7 Å². The molecule has 0 radical (unpaired) electrons. The van der Waals surface area contributed by atoms with Gasteiger partial charge in [0.15, 0.2) is 11.5 Å². The molecule has 4 aromatic rings. The van der Waals surface area contributed by atoms with Gasteiger partial charge in [-0.3, -0.25) is 4.79 Å². The van der Waals surface area contributed by atoms with Gasteiger partial charge in [0, 0.05) is 12.1 Å². The molecule has 0 atom stereocenters. The van der Waals surface area contributed by atoms with Crippen LogP contribution in [0.2, 0.25) is 0 Å². The summed E-state index contributed by atoms with van der Waals surface area (Å²) in [5.74, 6) is 2.16. The second-order valence-corrected chi connectivity index (χ2v) is 8.28. The molecule has 1 heterocycles. The first-order valence-corrected chi connectivity index (χ1v) is 11.8. The second-order valence-electron chi connectivity index (χ2n) is 8.28. The highest BCUT2D eigenvalue weighted by Crippen LogP contribution is 2.29. The van der Waals surface area contributed by atoms with E-state index in [1.165, 1.54) is 0 Å². The molecule has 0 saturated heterocycles. The van der Waals surface area contributed by atoms with Gasteiger partial charge in [0.1, 0.15) is 5.82 Å². The first-order valence-electron chi connectivity index (χ1n) is 11.8. The van der Waals surface area contributed by atoms with E-state index in [1.54, 1.807) is 7.11 Å². The summed E-state index contributed by atoms with van der Waals surface area (Å²) in [6, 6.07) is 21.5. The van der Waals surface area contributed by atoms with E-state index in [4.69, 9.17) is 14.5 Å². The third kappa shape index (κ3) is 5.72. The van der Waals surface area contributed by atoms with Gasteiger partial charge in [-0.05, 0) is 61.7 Å². The molecule has 0 saturated carbocycles. The van der Waals surface area contributed by atoms with E-state index in [9.17, 15) is 4.79 Å². The molecule has 6 nitrogen and oxygen atoms in total. The Morgan fingerprint density at radius 3 is 2.66 bits per heavy atom. The van der Waals surface area contributed by atoms with Crippen molar-refractivity contribution in [1.29, 1.82) is 0 Å². The van der Waals surface area contributed by atoms with Crippen LogP contribution in [0.5, 0.6) is 11.5 Å². The molecule has 0 aliphatic rings. The molecule has 1 aromatic heterocycles. The van der Waals surface area contributed by atoms with E-state index in [0.29, 0.717) is 24.5 Å². The standard InChI is InChI=1S/C29H31N3O3/c1-4-10-22-15-16-26(27(19-22)34-3)35-18-9-17-32-25-14-8-7-13-24(25)31-28(32)20-30-29(33)23-12-6-5-11-21(23)2/h4-8,10-16,19H,9,17-18,20H2,1-3H3,(H,30,33)/b10-4+. The van der Waals surface area contributed by atoms with Gasteiger partial charge in [0.05, 0.1) is 31.3 Å². The maximum absolute atomic E-state index is 12.7. The minimum Gasteiger partial charge on any atom is -0.493 e. The number of aromatic nitrogens is 2. The molecule has 3 aromatic carbocycles. The normalized spacial score (nSPS) is 11.2. The molecule has 0 bridgehead atoms. The van der Waals surface area contributed by atoms with Crippen LogP contribution in [-0.2, 0) is 13.1 Å². The maximum Gasteiger partial charge on any atom is 0.251 e. The second kappa shape index (κ2) is 11.4. The Labute approximate surface area is 206 Å². The molecular weight excluding hydrogens is 438 g/mol. The molecule has 6 heteroatoms. The van der Waals surface area contributed by atoms with Crippen LogP contribution >= 0.6 is 0 Å². The number of amides is 1. The number of imidazole rings is 1. The fourth-order valence-electron chi connectivity index (χ4n) is 4.10. The number of aryl methyl sites for hydroxylation is 2. The zero-order valence-electron chi connectivity index (χ0n) is 20.5. The molecule has 1 N–H and O–H groups in total.